The van der Waals surface area contributed by atoms with E-state index in [1.165, 1.54) is 19.3 Å². The van der Waals surface area contributed by atoms with Gasteiger partial charge in [0.05, 0.1) is 22.3 Å². The molecule has 1 N–H and O–H groups in total. The summed E-state index contributed by atoms with van der Waals surface area (Å²) in [5, 5.41) is 13.8. The van der Waals surface area contributed by atoms with Crippen LogP contribution in [0.15, 0.2) is 42.5 Å². The van der Waals surface area contributed by atoms with Gasteiger partial charge in [0.1, 0.15) is 18.2 Å². The molecular formula is C21H22Cl2N6. The lowest BCUT2D eigenvalue weighted by molar-refractivity contribution is 0.326. The van der Waals surface area contributed by atoms with Gasteiger partial charge >= 0.3 is 0 Å². The fourth-order valence-electron chi connectivity index (χ4n) is 4.52. The molecule has 0 bridgehead atoms. The molecule has 3 heterocycles. The van der Waals surface area contributed by atoms with E-state index in [1.54, 1.807) is 12.5 Å². The number of allylic oxidation sites excluding steroid dienone is 2. The maximum Gasteiger partial charge on any atom is 0.158 e. The topological polar surface area (TPSA) is 60.6 Å². The summed E-state index contributed by atoms with van der Waals surface area (Å²) < 4.78 is 4.08. The lowest BCUT2D eigenvalue weighted by Gasteiger charge is -2.31. The maximum absolute atomic E-state index is 6.37. The SMILES string of the molecule is CC1=C(c2ncnn2C2CCCCC2)[C@@H](c2ccc(Cl)c(Cl)c2)n2nccc2N1. The maximum atomic E-state index is 6.37. The second-order valence-corrected chi connectivity index (χ2v) is 8.54. The standard InChI is InChI=1S/C21H22Cl2N6/c1-13-19(21-24-12-26-28(21)15-5-3-2-4-6-15)20(29-18(27-13)9-10-25-29)14-7-8-16(22)17(23)11-14/h7-12,15,20,27H,2-6H2,1H3/t20-/m1/s1. The zero-order valence-corrected chi connectivity index (χ0v) is 17.7. The van der Waals surface area contributed by atoms with E-state index in [4.69, 9.17) is 28.2 Å². The van der Waals surface area contributed by atoms with Crippen molar-refractivity contribution in [2.24, 2.45) is 0 Å². The Labute approximate surface area is 179 Å². The number of aromatic nitrogens is 5. The summed E-state index contributed by atoms with van der Waals surface area (Å²) in [4.78, 5) is 4.69. The fraction of sp³-hybridized carbons (Fsp3) is 0.381. The van der Waals surface area contributed by atoms with Crippen molar-refractivity contribution in [2.45, 2.75) is 51.1 Å². The number of anilines is 1. The van der Waals surface area contributed by atoms with Gasteiger partial charge in [-0.2, -0.15) is 10.2 Å². The third-order valence-electron chi connectivity index (χ3n) is 5.90. The van der Waals surface area contributed by atoms with Crippen LogP contribution < -0.4 is 5.32 Å². The molecule has 150 valence electrons. The van der Waals surface area contributed by atoms with E-state index in [9.17, 15) is 0 Å². The minimum Gasteiger partial charge on any atom is -0.344 e. The quantitative estimate of drug-likeness (QED) is 0.578. The molecule has 0 saturated heterocycles. The van der Waals surface area contributed by atoms with Crippen molar-refractivity contribution in [3.63, 3.8) is 0 Å². The van der Waals surface area contributed by atoms with Gasteiger partial charge in [0.25, 0.3) is 0 Å². The van der Waals surface area contributed by atoms with Gasteiger partial charge in [-0.15, -0.1) is 0 Å². The van der Waals surface area contributed by atoms with E-state index in [1.807, 2.05) is 28.9 Å². The molecule has 1 aliphatic carbocycles. The number of nitrogens with one attached hydrogen (secondary N) is 1. The minimum atomic E-state index is -0.164. The zero-order valence-electron chi connectivity index (χ0n) is 16.1. The van der Waals surface area contributed by atoms with Gasteiger partial charge in [-0.05, 0) is 37.5 Å². The Kier molecular flexibility index (Phi) is 4.84. The number of benzene rings is 1. The fourth-order valence-corrected chi connectivity index (χ4v) is 4.83. The Bertz CT molecular complexity index is 1080. The summed E-state index contributed by atoms with van der Waals surface area (Å²) in [6.07, 6.45) is 9.51. The van der Waals surface area contributed by atoms with Crippen LogP contribution in [0.3, 0.4) is 0 Å². The highest BCUT2D eigenvalue weighted by atomic mass is 35.5. The van der Waals surface area contributed by atoms with Gasteiger partial charge in [-0.3, -0.25) is 0 Å². The summed E-state index contributed by atoms with van der Waals surface area (Å²) >= 11 is 12.6. The lowest BCUT2D eigenvalue weighted by Crippen LogP contribution is -2.26. The van der Waals surface area contributed by atoms with Gasteiger partial charge in [0.15, 0.2) is 5.82 Å². The summed E-state index contributed by atoms with van der Waals surface area (Å²) in [7, 11) is 0. The molecule has 8 heteroatoms. The Balaban J connectivity index is 1.66. The van der Waals surface area contributed by atoms with E-state index in [0.717, 1.165) is 41.3 Å². The molecule has 3 aromatic rings. The van der Waals surface area contributed by atoms with Crippen LogP contribution in [-0.4, -0.2) is 24.5 Å². The molecule has 2 aromatic heterocycles. The molecule has 0 amide bonds. The summed E-state index contributed by atoms with van der Waals surface area (Å²) in [5.41, 5.74) is 3.11. The van der Waals surface area contributed by atoms with E-state index in [0.29, 0.717) is 16.1 Å². The summed E-state index contributed by atoms with van der Waals surface area (Å²) in [6.45, 7) is 2.08. The number of nitrogens with zero attached hydrogens (tertiary/aromatic N) is 5. The molecule has 1 aromatic carbocycles. The van der Waals surface area contributed by atoms with Crippen molar-refractivity contribution >= 4 is 34.6 Å². The van der Waals surface area contributed by atoms with Crippen molar-refractivity contribution in [2.75, 3.05) is 5.32 Å². The highest BCUT2D eigenvalue weighted by molar-refractivity contribution is 6.42. The largest absolute Gasteiger partial charge is 0.344 e. The molecule has 29 heavy (non-hydrogen) atoms. The summed E-state index contributed by atoms with van der Waals surface area (Å²) in [5.74, 6) is 1.82. The van der Waals surface area contributed by atoms with E-state index >= 15 is 0 Å². The Morgan fingerprint density at radius 3 is 2.62 bits per heavy atom. The third-order valence-corrected chi connectivity index (χ3v) is 6.64. The molecule has 2 aliphatic rings. The van der Waals surface area contributed by atoms with Gasteiger partial charge < -0.3 is 5.32 Å². The monoisotopic (exact) mass is 428 g/mol. The number of hydrogen-bond donors (Lipinski definition) is 1. The normalized spacial score (nSPS) is 19.9. The number of halogens is 2. The van der Waals surface area contributed by atoms with Gasteiger partial charge in [0.2, 0.25) is 0 Å². The third kappa shape index (κ3) is 3.24. The zero-order chi connectivity index (χ0) is 20.0. The first-order valence-electron chi connectivity index (χ1n) is 9.99. The number of fused-ring (bicyclic) bond motifs is 1. The van der Waals surface area contributed by atoms with Crippen LogP contribution in [0.2, 0.25) is 10.0 Å². The highest BCUT2D eigenvalue weighted by Gasteiger charge is 2.33. The molecule has 5 rings (SSSR count). The molecule has 1 fully saturated rings. The predicted octanol–water partition coefficient (Wildman–Crippen LogP) is 5.73. The molecule has 1 aliphatic heterocycles. The van der Waals surface area contributed by atoms with Gasteiger partial charge in [0, 0.05) is 17.3 Å². The Morgan fingerprint density at radius 2 is 1.83 bits per heavy atom. The average Bonchev–Trinajstić information content (AvgIpc) is 3.39. The second kappa shape index (κ2) is 7.50. The van der Waals surface area contributed by atoms with Crippen LogP contribution in [0.25, 0.3) is 5.57 Å². The van der Waals surface area contributed by atoms with Crippen LogP contribution in [0.1, 0.15) is 62.5 Å². The first kappa shape index (κ1) is 18.7. The molecule has 0 unspecified atom stereocenters. The molecular weight excluding hydrogens is 407 g/mol. The van der Waals surface area contributed by atoms with Crippen LogP contribution >= 0.6 is 23.2 Å². The first-order valence-corrected chi connectivity index (χ1v) is 10.7. The highest BCUT2D eigenvalue weighted by Crippen LogP contribution is 2.42. The van der Waals surface area contributed by atoms with E-state index < -0.39 is 0 Å². The van der Waals surface area contributed by atoms with Crippen molar-refractivity contribution in [1.82, 2.24) is 24.5 Å². The summed E-state index contributed by atoms with van der Waals surface area (Å²) in [6, 6.07) is 7.95. The van der Waals surface area contributed by atoms with Gasteiger partial charge in [-0.1, -0.05) is 48.5 Å². The Hall–Kier alpha value is -2.31. The van der Waals surface area contributed by atoms with Crippen molar-refractivity contribution in [3.05, 3.63) is 63.9 Å². The molecule has 1 saturated carbocycles. The van der Waals surface area contributed by atoms with Crippen molar-refractivity contribution in [1.29, 1.82) is 0 Å². The lowest BCUT2D eigenvalue weighted by atomic mass is 9.93. The Morgan fingerprint density at radius 1 is 1.00 bits per heavy atom. The van der Waals surface area contributed by atoms with Crippen LogP contribution in [0.4, 0.5) is 5.82 Å². The molecule has 0 spiro atoms. The van der Waals surface area contributed by atoms with E-state index in [-0.39, 0.29) is 6.04 Å². The number of hydrogen-bond acceptors (Lipinski definition) is 4. The average molecular weight is 429 g/mol. The van der Waals surface area contributed by atoms with Crippen LogP contribution in [-0.2, 0) is 0 Å². The van der Waals surface area contributed by atoms with Crippen LogP contribution in [0.5, 0.6) is 0 Å². The smallest absolute Gasteiger partial charge is 0.158 e. The minimum absolute atomic E-state index is 0.164. The van der Waals surface area contributed by atoms with E-state index in [2.05, 4.69) is 27.1 Å². The van der Waals surface area contributed by atoms with Crippen molar-refractivity contribution < 1.29 is 0 Å². The predicted molar refractivity (Wildman–Crippen MR) is 115 cm³/mol. The first-order chi connectivity index (χ1) is 14.1. The van der Waals surface area contributed by atoms with Gasteiger partial charge in [-0.25, -0.2) is 14.3 Å². The van der Waals surface area contributed by atoms with Crippen LogP contribution in [0, 0.1) is 0 Å². The van der Waals surface area contributed by atoms with Crippen molar-refractivity contribution in [3.8, 4) is 0 Å². The molecule has 1 atom stereocenters. The molecule has 0 radical (unpaired) electrons. The second-order valence-electron chi connectivity index (χ2n) is 7.72. The molecule has 6 nitrogen and oxygen atoms in total. The number of rotatable bonds is 3.